The zero-order valence-corrected chi connectivity index (χ0v) is 14.9. The Bertz CT molecular complexity index is 790. The van der Waals surface area contributed by atoms with Crippen molar-refractivity contribution in [1.82, 2.24) is 9.80 Å². The maximum Gasteiger partial charge on any atom is 0.289 e. The monoisotopic (exact) mass is 352 g/mol. The zero-order valence-electron chi connectivity index (χ0n) is 14.9. The first-order valence-electron chi connectivity index (χ1n) is 9.41. The number of piperazine rings is 1. The predicted molar refractivity (Wildman–Crippen MR) is 98.5 cm³/mol. The van der Waals surface area contributed by atoms with E-state index in [4.69, 9.17) is 4.42 Å². The second-order valence-electron chi connectivity index (χ2n) is 7.16. The molecule has 0 radical (unpaired) electrons. The molecule has 2 aromatic rings. The number of Topliss-reactive ketones (excluding diaryl/α,β-unsaturated/α-hetero) is 1. The molecular formula is C21H24N2O3. The van der Waals surface area contributed by atoms with Gasteiger partial charge in [0.15, 0.2) is 11.5 Å². The molecule has 4 rings (SSSR count). The maximum absolute atomic E-state index is 12.7. The normalized spacial score (nSPS) is 17.8. The Labute approximate surface area is 153 Å². The van der Waals surface area contributed by atoms with E-state index < -0.39 is 0 Å². The van der Waals surface area contributed by atoms with Crippen molar-refractivity contribution in [2.45, 2.75) is 25.7 Å². The standard InChI is InChI=1S/C21H24N2O3/c24-19(18-8-7-16-4-1-2-5-17(16)14-18)15-22-9-11-23(12-10-22)21(25)20-6-3-13-26-20/h3,6-8,13-14H,1-2,4-5,9-12,15H2. The zero-order chi connectivity index (χ0) is 17.9. The number of hydrogen-bond donors (Lipinski definition) is 0. The average molecular weight is 352 g/mol. The highest BCUT2D eigenvalue weighted by atomic mass is 16.3. The molecule has 0 spiro atoms. The lowest BCUT2D eigenvalue weighted by molar-refractivity contribution is 0.0596. The summed E-state index contributed by atoms with van der Waals surface area (Å²) in [6, 6.07) is 9.60. The maximum atomic E-state index is 12.7. The van der Waals surface area contributed by atoms with Gasteiger partial charge in [0.05, 0.1) is 12.8 Å². The number of rotatable bonds is 4. The van der Waals surface area contributed by atoms with Crippen molar-refractivity contribution >= 4 is 11.7 Å². The number of carbonyl (C=O) groups excluding carboxylic acids is 2. The van der Waals surface area contributed by atoms with E-state index >= 15 is 0 Å². The predicted octanol–water partition coefficient (Wildman–Crippen LogP) is 2.80. The Morgan fingerprint density at radius 2 is 1.73 bits per heavy atom. The summed E-state index contributed by atoms with van der Waals surface area (Å²) in [6.45, 7) is 3.09. The average Bonchev–Trinajstić information content (AvgIpc) is 3.22. The fourth-order valence-electron chi connectivity index (χ4n) is 3.87. The largest absolute Gasteiger partial charge is 0.459 e. The van der Waals surface area contributed by atoms with Crippen LogP contribution in [0.15, 0.2) is 41.0 Å². The van der Waals surface area contributed by atoms with Gasteiger partial charge in [-0.1, -0.05) is 12.1 Å². The van der Waals surface area contributed by atoms with Gasteiger partial charge in [-0.05, 0) is 55.0 Å². The fraction of sp³-hybridized carbons (Fsp3) is 0.429. The third-order valence-electron chi connectivity index (χ3n) is 5.43. The van der Waals surface area contributed by atoms with Crippen molar-refractivity contribution in [3.63, 3.8) is 0 Å². The minimum absolute atomic E-state index is 0.0735. The minimum atomic E-state index is -0.0735. The van der Waals surface area contributed by atoms with Crippen molar-refractivity contribution in [1.29, 1.82) is 0 Å². The fourth-order valence-corrected chi connectivity index (χ4v) is 3.87. The van der Waals surface area contributed by atoms with Crippen LogP contribution in [0.3, 0.4) is 0 Å². The van der Waals surface area contributed by atoms with E-state index in [-0.39, 0.29) is 11.7 Å². The van der Waals surface area contributed by atoms with Crippen LogP contribution in [0.5, 0.6) is 0 Å². The summed E-state index contributed by atoms with van der Waals surface area (Å²) < 4.78 is 5.18. The molecule has 0 unspecified atom stereocenters. The molecule has 0 atom stereocenters. The van der Waals surface area contributed by atoms with Crippen LogP contribution in [-0.2, 0) is 12.8 Å². The number of carbonyl (C=O) groups is 2. The summed E-state index contributed by atoms with van der Waals surface area (Å²) in [5.74, 6) is 0.475. The van der Waals surface area contributed by atoms with Crippen molar-refractivity contribution in [2.24, 2.45) is 0 Å². The van der Waals surface area contributed by atoms with Gasteiger partial charge in [-0.2, -0.15) is 0 Å². The summed E-state index contributed by atoms with van der Waals surface area (Å²) in [4.78, 5) is 28.9. The summed E-state index contributed by atoms with van der Waals surface area (Å²) in [7, 11) is 0. The van der Waals surface area contributed by atoms with E-state index in [1.54, 1.807) is 17.0 Å². The molecule has 26 heavy (non-hydrogen) atoms. The van der Waals surface area contributed by atoms with Crippen LogP contribution in [0.1, 0.15) is 44.9 Å². The third kappa shape index (κ3) is 3.58. The molecule has 1 aromatic heterocycles. The van der Waals surface area contributed by atoms with Crippen LogP contribution in [-0.4, -0.2) is 54.2 Å². The Kier molecular flexibility index (Phi) is 4.89. The molecule has 0 N–H and O–H groups in total. The van der Waals surface area contributed by atoms with Crippen molar-refractivity contribution in [3.8, 4) is 0 Å². The highest BCUT2D eigenvalue weighted by Gasteiger charge is 2.25. The molecule has 2 heterocycles. The molecule has 2 aliphatic rings. The number of benzene rings is 1. The lowest BCUT2D eigenvalue weighted by Crippen LogP contribution is -2.49. The van der Waals surface area contributed by atoms with E-state index in [1.165, 1.54) is 30.2 Å². The Balaban J connectivity index is 1.33. The first-order chi connectivity index (χ1) is 12.7. The molecule has 0 bridgehead atoms. The third-order valence-corrected chi connectivity index (χ3v) is 5.43. The molecule has 0 saturated carbocycles. The quantitative estimate of drug-likeness (QED) is 0.794. The first kappa shape index (κ1) is 17.0. The number of aryl methyl sites for hydroxylation is 2. The van der Waals surface area contributed by atoms with Crippen molar-refractivity contribution in [3.05, 3.63) is 59.0 Å². The molecule has 1 amide bonds. The number of ketones is 1. The summed E-state index contributed by atoms with van der Waals surface area (Å²) >= 11 is 0. The van der Waals surface area contributed by atoms with Crippen LogP contribution in [0.25, 0.3) is 0 Å². The SMILES string of the molecule is O=C(CN1CCN(C(=O)c2ccco2)CC1)c1ccc2c(c1)CCCC2. The van der Waals surface area contributed by atoms with Gasteiger partial charge in [0.25, 0.3) is 5.91 Å². The van der Waals surface area contributed by atoms with Gasteiger partial charge in [-0.3, -0.25) is 14.5 Å². The molecule has 5 heteroatoms. The number of hydrogen-bond acceptors (Lipinski definition) is 4. The minimum Gasteiger partial charge on any atom is -0.459 e. The van der Waals surface area contributed by atoms with Crippen LogP contribution in [0, 0.1) is 0 Å². The van der Waals surface area contributed by atoms with Gasteiger partial charge < -0.3 is 9.32 Å². The van der Waals surface area contributed by atoms with Gasteiger partial charge in [0.1, 0.15) is 0 Å². The van der Waals surface area contributed by atoms with Gasteiger partial charge in [-0.15, -0.1) is 0 Å². The smallest absolute Gasteiger partial charge is 0.289 e. The van der Waals surface area contributed by atoms with Crippen LogP contribution < -0.4 is 0 Å². The highest BCUT2D eigenvalue weighted by Crippen LogP contribution is 2.22. The summed E-state index contributed by atoms with van der Waals surface area (Å²) in [6.07, 6.45) is 6.21. The molecule has 1 aliphatic heterocycles. The molecular weight excluding hydrogens is 328 g/mol. The summed E-state index contributed by atoms with van der Waals surface area (Å²) in [5, 5.41) is 0. The van der Waals surface area contributed by atoms with Gasteiger partial charge in [0, 0.05) is 31.7 Å². The Morgan fingerprint density at radius 1 is 0.962 bits per heavy atom. The summed E-state index contributed by atoms with van der Waals surface area (Å²) in [5.41, 5.74) is 3.56. The van der Waals surface area contributed by atoms with E-state index in [2.05, 4.69) is 17.0 Å². The molecule has 1 aliphatic carbocycles. The van der Waals surface area contributed by atoms with Crippen molar-refractivity contribution in [2.75, 3.05) is 32.7 Å². The molecule has 136 valence electrons. The highest BCUT2D eigenvalue weighted by molar-refractivity contribution is 5.98. The second kappa shape index (κ2) is 7.46. The van der Waals surface area contributed by atoms with E-state index in [9.17, 15) is 9.59 Å². The van der Waals surface area contributed by atoms with Crippen molar-refractivity contribution < 1.29 is 14.0 Å². The van der Waals surface area contributed by atoms with E-state index in [0.717, 1.165) is 18.4 Å². The lowest BCUT2D eigenvalue weighted by Gasteiger charge is -2.33. The van der Waals surface area contributed by atoms with Crippen LogP contribution in [0.4, 0.5) is 0 Å². The molecule has 1 fully saturated rings. The van der Waals surface area contributed by atoms with Crippen LogP contribution >= 0.6 is 0 Å². The first-order valence-corrected chi connectivity index (χ1v) is 9.41. The van der Waals surface area contributed by atoms with Gasteiger partial charge in [-0.25, -0.2) is 0 Å². The van der Waals surface area contributed by atoms with Gasteiger partial charge >= 0.3 is 0 Å². The van der Waals surface area contributed by atoms with Gasteiger partial charge in [0.2, 0.25) is 0 Å². The number of fused-ring (bicyclic) bond motifs is 1. The number of nitrogens with zero attached hydrogens (tertiary/aromatic N) is 2. The Morgan fingerprint density at radius 3 is 2.46 bits per heavy atom. The topological polar surface area (TPSA) is 53.8 Å². The lowest BCUT2D eigenvalue weighted by atomic mass is 9.90. The van der Waals surface area contributed by atoms with E-state index in [1.807, 2.05) is 6.07 Å². The van der Waals surface area contributed by atoms with Crippen LogP contribution in [0.2, 0.25) is 0 Å². The van der Waals surface area contributed by atoms with E-state index in [0.29, 0.717) is 38.5 Å². The molecule has 1 saturated heterocycles. The second-order valence-corrected chi connectivity index (χ2v) is 7.16. The number of amides is 1. The number of furan rings is 1. The molecule has 5 nitrogen and oxygen atoms in total. The Hall–Kier alpha value is -2.40. The molecule has 1 aromatic carbocycles.